The van der Waals surface area contributed by atoms with Gasteiger partial charge in [-0.25, -0.2) is 4.79 Å². The average molecular weight is 351 g/mol. The number of carbonyl (C=O) groups is 3. The number of anilines is 1. The van der Waals surface area contributed by atoms with E-state index in [0.29, 0.717) is 24.3 Å². The first-order valence-corrected chi connectivity index (χ1v) is 8.69. The Morgan fingerprint density at radius 2 is 1.73 bits per heavy atom. The number of imide groups is 1. The van der Waals surface area contributed by atoms with Crippen molar-refractivity contribution in [1.82, 2.24) is 0 Å². The van der Waals surface area contributed by atoms with Gasteiger partial charge in [-0.15, -0.1) is 0 Å². The standard InChI is InChI=1S/C21H21NO4/c1-3-26-21(25)16-8-10-18(11-9-16)22-19(23)13-17(20(22)24)12-15-6-4-14(2)5-7-15/h4-11,17H,3,12-13H2,1-2H3. The van der Waals surface area contributed by atoms with Crippen molar-refractivity contribution < 1.29 is 19.1 Å². The summed E-state index contributed by atoms with van der Waals surface area (Å²) in [6.45, 7) is 4.04. The SMILES string of the molecule is CCOC(=O)c1ccc(N2C(=O)CC(Cc3ccc(C)cc3)C2=O)cc1. The first-order valence-electron chi connectivity index (χ1n) is 8.69. The van der Waals surface area contributed by atoms with Crippen molar-refractivity contribution in [3.8, 4) is 0 Å². The molecule has 0 saturated carbocycles. The van der Waals surface area contributed by atoms with E-state index in [9.17, 15) is 14.4 Å². The van der Waals surface area contributed by atoms with E-state index in [4.69, 9.17) is 4.74 Å². The van der Waals surface area contributed by atoms with Crippen LogP contribution in [0.2, 0.25) is 0 Å². The number of amides is 2. The molecular formula is C21H21NO4. The number of aryl methyl sites for hydroxylation is 1. The number of carbonyl (C=O) groups excluding carboxylic acids is 3. The maximum absolute atomic E-state index is 12.7. The van der Waals surface area contributed by atoms with Crippen molar-refractivity contribution in [1.29, 1.82) is 0 Å². The Kier molecular flexibility index (Phi) is 5.16. The zero-order valence-electron chi connectivity index (χ0n) is 14.9. The number of benzene rings is 2. The highest BCUT2D eigenvalue weighted by atomic mass is 16.5. The van der Waals surface area contributed by atoms with E-state index >= 15 is 0 Å². The zero-order valence-corrected chi connectivity index (χ0v) is 14.9. The van der Waals surface area contributed by atoms with Crippen LogP contribution in [0.5, 0.6) is 0 Å². The maximum atomic E-state index is 12.7. The monoisotopic (exact) mass is 351 g/mol. The Morgan fingerprint density at radius 1 is 1.08 bits per heavy atom. The molecule has 1 heterocycles. The first kappa shape index (κ1) is 17.9. The minimum atomic E-state index is -0.421. The predicted molar refractivity (Wildman–Crippen MR) is 97.9 cm³/mol. The normalized spacial score (nSPS) is 16.8. The summed E-state index contributed by atoms with van der Waals surface area (Å²) in [7, 11) is 0. The van der Waals surface area contributed by atoms with E-state index in [1.807, 2.05) is 31.2 Å². The summed E-state index contributed by atoms with van der Waals surface area (Å²) in [4.78, 5) is 38.0. The molecule has 2 aromatic rings. The fraction of sp³-hybridized carbons (Fsp3) is 0.286. The van der Waals surface area contributed by atoms with E-state index in [0.717, 1.165) is 11.1 Å². The Labute approximate surface area is 152 Å². The molecule has 0 aromatic heterocycles. The van der Waals surface area contributed by atoms with Crippen LogP contribution in [-0.4, -0.2) is 24.4 Å². The van der Waals surface area contributed by atoms with Gasteiger partial charge in [-0.1, -0.05) is 29.8 Å². The van der Waals surface area contributed by atoms with E-state index < -0.39 is 5.97 Å². The van der Waals surface area contributed by atoms with Crippen molar-refractivity contribution in [2.75, 3.05) is 11.5 Å². The molecule has 5 nitrogen and oxygen atoms in total. The molecule has 134 valence electrons. The quantitative estimate of drug-likeness (QED) is 0.612. The summed E-state index contributed by atoms with van der Waals surface area (Å²) in [5.74, 6) is -1.18. The van der Waals surface area contributed by atoms with Crippen LogP contribution in [0, 0.1) is 12.8 Å². The van der Waals surface area contributed by atoms with Gasteiger partial charge in [0.25, 0.3) is 0 Å². The molecule has 5 heteroatoms. The second-order valence-electron chi connectivity index (χ2n) is 6.43. The van der Waals surface area contributed by atoms with Gasteiger partial charge in [0.2, 0.25) is 11.8 Å². The van der Waals surface area contributed by atoms with Crippen molar-refractivity contribution in [2.24, 2.45) is 5.92 Å². The second kappa shape index (κ2) is 7.52. The molecule has 1 atom stereocenters. The van der Waals surface area contributed by atoms with Crippen LogP contribution in [0.15, 0.2) is 48.5 Å². The predicted octanol–water partition coefficient (Wildman–Crippen LogP) is 3.29. The molecule has 0 spiro atoms. The van der Waals surface area contributed by atoms with Crippen LogP contribution in [0.1, 0.15) is 34.8 Å². The first-order chi connectivity index (χ1) is 12.5. The van der Waals surface area contributed by atoms with E-state index in [2.05, 4.69) is 0 Å². The molecule has 0 bridgehead atoms. The van der Waals surface area contributed by atoms with Gasteiger partial charge >= 0.3 is 5.97 Å². The molecule has 1 saturated heterocycles. The van der Waals surface area contributed by atoms with Gasteiger partial charge in [0.05, 0.1) is 23.8 Å². The minimum Gasteiger partial charge on any atom is -0.462 e. The summed E-state index contributed by atoms with van der Waals surface area (Å²) < 4.78 is 4.94. The third-order valence-electron chi connectivity index (χ3n) is 4.48. The van der Waals surface area contributed by atoms with Crippen LogP contribution in [-0.2, 0) is 20.7 Å². The van der Waals surface area contributed by atoms with Crippen molar-refractivity contribution in [3.63, 3.8) is 0 Å². The number of nitrogens with zero attached hydrogens (tertiary/aromatic N) is 1. The molecular weight excluding hydrogens is 330 g/mol. The molecule has 0 aliphatic carbocycles. The number of hydrogen-bond donors (Lipinski definition) is 0. The molecule has 1 fully saturated rings. The molecule has 2 amide bonds. The third kappa shape index (κ3) is 3.67. The lowest BCUT2D eigenvalue weighted by Gasteiger charge is -2.15. The van der Waals surface area contributed by atoms with Crippen molar-refractivity contribution in [3.05, 3.63) is 65.2 Å². The van der Waals surface area contributed by atoms with Gasteiger partial charge < -0.3 is 4.74 Å². The lowest BCUT2D eigenvalue weighted by molar-refractivity contribution is -0.122. The van der Waals surface area contributed by atoms with Gasteiger partial charge in [-0.2, -0.15) is 0 Å². The third-order valence-corrected chi connectivity index (χ3v) is 4.48. The second-order valence-corrected chi connectivity index (χ2v) is 6.43. The van der Waals surface area contributed by atoms with Gasteiger partial charge in [0, 0.05) is 6.42 Å². The van der Waals surface area contributed by atoms with Crippen molar-refractivity contribution in [2.45, 2.75) is 26.7 Å². The Hall–Kier alpha value is -2.95. The summed E-state index contributed by atoms with van der Waals surface area (Å²) in [6.07, 6.45) is 0.745. The summed E-state index contributed by atoms with van der Waals surface area (Å²) in [5, 5.41) is 0. The number of hydrogen-bond acceptors (Lipinski definition) is 4. The smallest absolute Gasteiger partial charge is 0.338 e. The molecule has 3 rings (SSSR count). The van der Waals surface area contributed by atoms with Gasteiger partial charge in [0.15, 0.2) is 0 Å². The molecule has 1 aliphatic rings. The van der Waals surface area contributed by atoms with Crippen LogP contribution in [0.25, 0.3) is 0 Å². The molecule has 1 unspecified atom stereocenters. The fourth-order valence-electron chi connectivity index (χ4n) is 3.10. The molecule has 2 aromatic carbocycles. The van der Waals surface area contributed by atoms with Gasteiger partial charge in [-0.3, -0.25) is 14.5 Å². The van der Waals surface area contributed by atoms with Crippen molar-refractivity contribution >= 4 is 23.5 Å². The molecule has 0 N–H and O–H groups in total. The van der Waals surface area contributed by atoms with Crippen LogP contribution in [0.4, 0.5) is 5.69 Å². The number of ether oxygens (including phenoxy) is 1. The fourth-order valence-corrected chi connectivity index (χ4v) is 3.10. The molecule has 0 radical (unpaired) electrons. The Balaban J connectivity index is 1.74. The van der Waals surface area contributed by atoms with Crippen LogP contribution < -0.4 is 4.90 Å². The summed E-state index contributed by atoms with van der Waals surface area (Å²) in [5.41, 5.74) is 3.08. The minimum absolute atomic E-state index is 0.195. The lowest BCUT2D eigenvalue weighted by Crippen LogP contribution is -2.30. The van der Waals surface area contributed by atoms with E-state index in [-0.39, 0.29) is 24.2 Å². The van der Waals surface area contributed by atoms with Gasteiger partial charge in [0.1, 0.15) is 0 Å². The average Bonchev–Trinajstić information content (AvgIpc) is 2.91. The highest BCUT2D eigenvalue weighted by Gasteiger charge is 2.39. The topological polar surface area (TPSA) is 63.7 Å². The Morgan fingerprint density at radius 3 is 2.35 bits per heavy atom. The lowest BCUT2D eigenvalue weighted by atomic mass is 9.97. The number of rotatable bonds is 5. The van der Waals surface area contributed by atoms with Crippen LogP contribution in [0.3, 0.4) is 0 Å². The van der Waals surface area contributed by atoms with E-state index in [1.54, 1.807) is 31.2 Å². The Bertz CT molecular complexity index is 824. The maximum Gasteiger partial charge on any atom is 0.338 e. The summed E-state index contributed by atoms with van der Waals surface area (Å²) in [6, 6.07) is 14.3. The summed E-state index contributed by atoms with van der Waals surface area (Å²) >= 11 is 0. The van der Waals surface area contributed by atoms with Gasteiger partial charge in [-0.05, 0) is 50.1 Å². The van der Waals surface area contributed by atoms with E-state index in [1.165, 1.54) is 4.90 Å². The molecule has 26 heavy (non-hydrogen) atoms. The molecule has 1 aliphatic heterocycles. The highest BCUT2D eigenvalue weighted by molar-refractivity contribution is 6.21. The van der Waals surface area contributed by atoms with Crippen LogP contribution >= 0.6 is 0 Å². The number of esters is 1. The largest absolute Gasteiger partial charge is 0.462 e. The zero-order chi connectivity index (χ0) is 18.7. The highest BCUT2D eigenvalue weighted by Crippen LogP contribution is 2.29.